The Labute approximate surface area is 135 Å². The zero-order chi connectivity index (χ0) is 13.8. The molecular weight excluding hydrogens is 319 g/mol. The lowest BCUT2D eigenvalue weighted by Crippen LogP contribution is -2.41. The predicted molar refractivity (Wildman–Crippen MR) is 85.9 cm³/mol. The lowest BCUT2D eigenvalue weighted by atomic mass is 9.98. The second-order valence-corrected chi connectivity index (χ2v) is 5.76. The largest absolute Gasteiger partial charge is 0.349 e. The monoisotopic (exact) mass is 336 g/mol. The van der Waals surface area contributed by atoms with Crippen LogP contribution in [0.4, 0.5) is 0 Å². The first-order valence-electron chi connectivity index (χ1n) is 6.54. The summed E-state index contributed by atoms with van der Waals surface area (Å²) in [5.74, 6) is 0.171. The molecule has 1 aromatic rings. The van der Waals surface area contributed by atoms with Gasteiger partial charge >= 0.3 is 0 Å². The zero-order valence-corrected chi connectivity index (χ0v) is 13.6. The van der Waals surface area contributed by atoms with Crippen LogP contribution in [0.2, 0.25) is 10.0 Å². The van der Waals surface area contributed by atoms with Crippen LogP contribution in [-0.2, 0) is 4.79 Å². The average molecular weight is 338 g/mol. The third-order valence-electron chi connectivity index (χ3n) is 3.47. The summed E-state index contributed by atoms with van der Waals surface area (Å²) in [6.45, 7) is 3.72. The summed E-state index contributed by atoms with van der Waals surface area (Å²) in [5, 5.41) is 7.32. The smallest absolute Gasteiger partial charge is 0.224 e. The van der Waals surface area contributed by atoms with Gasteiger partial charge in [-0.2, -0.15) is 0 Å². The molecule has 1 fully saturated rings. The number of amides is 1. The Bertz CT molecular complexity index is 462. The van der Waals surface area contributed by atoms with Crippen molar-refractivity contribution in [1.82, 2.24) is 10.6 Å². The van der Waals surface area contributed by atoms with E-state index in [2.05, 4.69) is 10.6 Å². The first-order chi connectivity index (χ1) is 9.08. The van der Waals surface area contributed by atoms with E-state index < -0.39 is 0 Å². The van der Waals surface area contributed by atoms with Gasteiger partial charge in [-0.3, -0.25) is 4.79 Å². The Morgan fingerprint density at radius 1 is 1.40 bits per heavy atom. The fourth-order valence-electron chi connectivity index (χ4n) is 2.27. The molecule has 0 aliphatic carbocycles. The Hall–Kier alpha value is -0.480. The van der Waals surface area contributed by atoms with Crippen LogP contribution in [0.5, 0.6) is 0 Å². The number of benzene rings is 1. The molecule has 2 atom stereocenters. The van der Waals surface area contributed by atoms with Crippen molar-refractivity contribution in [3.05, 3.63) is 33.8 Å². The van der Waals surface area contributed by atoms with Gasteiger partial charge in [0, 0.05) is 6.54 Å². The second-order valence-electron chi connectivity index (χ2n) is 4.95. The molecule has 1 aromatic carbocycles. The standard InChI is InChI=1S/C14H18Cl2N2O.ClH/c1-9(10-4-5-12(15)13(16)7-10)18-14(19)11-3-2-6-17-8-11;/h4-5,7,9,11,17H,2-3,6,8H2,1H3,(H,18,19);1H. The molecule has 1 aliphatic heterocycles. The van der Waals surface area contributed by atoms with Crippen molar-refractivity contribution < 1.29 is 4.79 Å². The highest BCUT2D eigenvalue weighted by atomic mass is 35.5. The number of nitrogens with one attached hydrogen (secondary N) is 2. The molecule has 0 aromatic heterocycles. The number of rotatable bonds is 3. The van der Waals surface area contributed by atoms with E-state index in [0.717, 1.165) is 31.5 Å². The van der Waals surface area contributed by atoms with Gasteiger partial charge in [0.1, 0.15) is 0 Å². The van der Waals surface area contributed by atoms with Gasteiger partial charge in [-0.05, 0) is 44.0 Å². The molecule has 1 saturated heterocycles. The van der Waals surface area contributed by atoms with Crippen LogP contribution >= 0.6 is 35.6 Å². The van der Waals surface area contributed by atoms with Gasteiger partial charge in [0.15, 0.2) is 0 Å². The Morgan fingerprint density at radius 3 is 2.75 bits per heavy atom. The van der Waals surface area contributed by atoms with Crippen LogP contribution in [0.3, 0.4) is 0 Å². The third-order valence-corrected chi connectivity index (χ3v) is 4.21. The minimum absolute atomic E-state index is 0. The Kier molecular flexibility index (Phi) is 7.10. The highest BCUT2D eigenvalue weighted by molar-refractivity contribution is 6.42. The van der Waals surface area contributed by atoms with Crippen molar-refractivity contribution in [2.45, 2.75) is 25.8 Å². The summed E-state index contributed by atoms with van der Waals surface area (Å²) < 4.78 is 0. The van der Waals surface area contributed by atoms with Crippen LogP contribution in [0.25, 0.3) is 0 Å². The number of piperidine rings is 1. The zero-order valence-electron chi connectivity index (χ0n) is 11.3. The highest BCUT2D eigenvalue weighted by Gasteiger charge is 2.22. The summed E-state index contributed by atoms with van der Waals surface area (Å²) in [4.78, 5) is 12.1. The van der Waals surface area contributed by atoms with Crippen LogP contribution in [0.15, 0.2) is 18.2 Å². The number of carbonyl (C=O) groups is 1. The summed E-state index contributed by atoms with van der Waals surface area (Å²) in [6.07, 6.45) is 2.01. The second kappa shape index (κ2) is 8.08. The van der Waals surface area contributed by atoms with Crippen molar-refractivity contribution in [3.8, 4) is 0 Å². The molecule has 6 heteroatoms. The molecule has 1 heterocycles. The molecule has 0 saturated carbocycles. The van der Waals surface area contributed by atoms with Gasteiger partial charge in [-0.1, -0.05) is 29.3 Å². The number of hydrogen-bond acceptors (Lipinski definition) is 2. The molecule has 0 spiro atoms. The third kappa shape index (κ3) is 4.52. The van der Waals surface area contributed by atoms with Crippen molar-refractivity contribution in [3.63, 3.8) is 0 Å². The van der Waals surface area contributed by atoms with E-state index in [9.17, 15) is 4.79 Å². The fourth-order valence-corrected chi connectivity index (χ4v) is 2.58. The summed E-state index contributed by atoms with van der Waals surface area (Å²) in [6, 6.07) is 5.38. The van der Waals surface area contributed by atoms with Gasteiger partial charge < -0.3 is 10.6 Å². The van der Waals surface area contributed by atoms with Crippen molar-refractivity contribution in [2.75, 3.05) is 13.1 Å². The van der Waals surface area contributed by atoms with Crippen molar-refractivity contribution in [1.29, 1.82) is 0 Å². The van der Waals surface area contributed by atoms with Crippen molar-refractivity contribution in [2.24, 2.45) is 5.92 Å². The Morgan fingerprint density at radius 2 is 2.15 bits per heavy atom. The molecule has 0 bridgehead atoms. The van der Waals surface area contributed by atoms with Gasteiger partial charge in [-0.15, -0.1) is 12.4 Å². The van der Waals surface area contributed by atoms with Gasteiger partial charge in [0.2, 0.25) is 5.91 Å². The van der Waals surface area contributed by atoms with E-state index in [-0.39, 0.29) is 30.3 Å². The summed E-state index contributed by atoms with van der Waals surface area (Å²) in [7, 11) is 0. The maximum Gasteiger partial charge on any atom is 0.224 e. The molecule has 2 N–H and O–H groups in total. The van der Waals surface area contributed by atoms with E-state index in [1.54, 1.807) is 12.1 Å². The number of hydrogen-bond donors (Lipinski definition) is 2. The van der Waals surface area contributed by atoms with Gasteiger partial charge in [-0.25, -0.2) is 0 Å². The van der Waals surface area contributed by atoms with Crippen LogP contribution in [0, 0.1) is 5.92 Å². The van der Waals surface area contributed by atoms with Gasteiger partial charge in [0.25, 0.3) is 0 Å². The van der Waals surface area contributed by atoms with Crippen LogP contribution < -0.4 is 10.6 Å². The molecule has 0 radical (unpaired) electrons. The van der Waals surface area contributed by atoms with Gasteiger partial charge in [0.05, 0.1) is 22.0 Å². The minimum Gasteiger partial charge on any atom is -0.349 e. The maximum atomic E-state index is 12.1. The first-order valence-corrected chi connectivity index (χ1v) is 7.29. The quantitative estimate of drug-likeness (QED) is 0.885. The first kappa shape index (κ1) is 17.6. The average Bonchev–Trinajstić information content (AvgIpc) is 2.42. The molecular formula is C14H19Cl3N2O. The lowest BCUT2D eigenvalue weighted by molar-refractivity contribution is -0.126. The van der Waals surface area contributed by atoms with Crippen LogP contribution in [0.1, 0.15) is 31.4 Å². The van der Waals surface area contributed by atoms with E-state index in [0.29, 0.717) is 10.0 Å². The van der Waals surface area contributed by atoms with E-state index in [1.165, 1.54) is 0 Å². The topological polar surface area (TPSA) is 41.1 Å². The molecule has 2 rings (SSSR count). The molecule has 1 aliphatic rings. The minimum atomic E-state index is -0.0656. The summed E-state index contributed by atoms with van der Waals surface area (Å²) in [5.41, 5.74) is 0.964. The molecule has 1 amide bonds. The van der Waals surface area contributed by atoms with E-state index >= 15 is 0 Å². The highest BCUT2D eigenvalue weighted by Crippen LogP contribution is 2.25. The summed E-state index contributed by atoms with van der Waals surface area (Å²) >= 11 is 11.9. The Balaban J connectivity index is 0.00000200. The van der Waals surface area contributed by atoms with E-state index in [1.807, 2.05) is 13.0 Å². The molecule has 20 heavy (non-hydrogen) atoms. The molecule has 2 unspecified atom stereocenters. The SMILES string of the molecule is CC(NC(=O)C1CCCNC1)c1ccc(Cl)c(Cl)c1.Cl. The predicted octanol–water partition coefficient (Wildman–Crippen LogP) is 3.59. The van der Waals surface area contributed by atoms with Crippen LogP contribution in [-0.4, -0.2) is 19.0 Å². The molecule has 3 nitrogen and oxygen atoms in total. The number of carbonyl (C=O) groups excluding carboxylic acids is 1. The van der Waals surface area contributed by atoms with Crippen molar-refractivity contribution >= 4 is 41.5 Å². The normalized spacial score (nSPS) is 19.9. The number of halogens is 3. The lowest BCUT2D eigenvalue weighted by Gasteiger charge is -2.24. The fraction of sp³-hybridized carbons (Fsp3) is 0.500. The molecule has 112 valence electrons. The maximum absolute atomic E-state index is 12.1. The van der Waals surface area contributed by atoms with E-state index in [4.69, 9.17) is 23.2 Å².